The lowest BCUT2D eigenvalue weighted by molar-refractivity contribution is 0.0373. The van der Waals surface area contributed by atoms with Crippen LogP contribution < -0.4 is 4.74 Å². The molecule has 0 spiro atoms. The highest BCUT2D eigenvalue weighted by Crippen LogP contribution is 2.28. The summed E-state index contributed by atoms with van der Waals surface area (Å²) in [5, 5.41) is 11.4. The number of likely N-dealkylation sites (tertiary alicyclic amines) is 1. The molecule has 4 heteroatoms. The van der Waals surface area contributed by atoms with E-state index in [1.54, 1.807) is 7.11 Å². The average molecular weight is 374 g/mol. The molecule has 2 aromatic rings. The van der Waals surface area contributed by atoms with E-state index in [2.05, 4.69) is 24.0 Å². The van der Waals surface area contributed by atoms with E-state index in [0.717, 1.165) is 30.8 Å². The molecule has 0 saturated carbocycles. The normalized spacial score (nSPS) is 18.5. The standard InChI is InChI=1S/C22H28ClNO2/c1-16(22(25)19-5-7-20(23)8-6-19)24-13-11-18(12-14-24)15-17-3-9-21(26-2)10-4-17/h3-10,16,18,22,25H,11-15H2,1-2H3. The van der Waals surface area contributed by atoms with Gasteiger partial charge in [0.1, 0.15) is 5.75 Å². The topological polar surface area (TPSA) is 32.7 Å². The van der Waals surface area contributed by atoms with Crippen LogP contribution in [0, 0.1) is 5.92 Å². The first kappa shape index (κ1) is 19.2. The molecule has 1 N–H and O–H groups in total. The third-order valence-electron chi connectivity index (χ3n) is 5.58. The summed E-state index contributed by atoms with van der Waals surface area (Å²) in [5.41, 5.74) is 2.31. The third-order valence-corrected chi connectivity index (χ3v) is 5.83. The molecule has 0 aliphatic carbocycles. The lowest BCUT2D eigenvalue weighted by Gasteiger charge is -2.38. The van der Waals surface area contributed by atoms with Crippen LogP contribution in [0.2, 0.25) is 5.02 Å². The molecule has 3 rings (SSSR count). The number of methoxy groups -OCH3 is 1. The fourth-order valence-corrected chi connectivity index (χ4v) is 3.92. The molecule has 0 radical (unpaired) electrons. The molecule has 0 aromatic heterocycles. The highest BCUT2D eigenvalue weighted by Gasteiger charge is 2.27. The van der Waals surface area contributed by atoms with E-state index in [4.69, 9.17) is 16.3 Å². The smallest absolute Gasteiger partial charge is 0.118 e. The zero-order chi connectivity index (χ0) is 18.5. The second-order valence-electron chi connectivity index (χ2n) is 7.27. The first-order valence-corrected chi connectivity index (χ1v) is 9.75. The summed E-state index contributed by atoms with van der Waals surface area (Å²) in [6, 6.07) is 16.0. The number of aliphatic hydroxyl groups excluding tert-OH is 1. The van der Waals surface area contributed by atoms with Gasteiger partial charge in [0.2, 0.25) is 0 Å². The first-order chi connectivity index (χ1) is 12.6. The van der Waals surface area contributed by atoms with Gasteiger partial charge >= 0.3 is 0 Å². The molecular formula is C22H28ClNO2. The summed E-state index contributed by atoms with van der Waals surface area (Å²) in [6.45, 7) is 4.18. The van der Waals surface area contributed by atoms with Gasteiger partial charge in [0.05, 0.1) is 13.2 Å². The molecule has 2 atom stereocenters. The van der Waals surface area contributed by atoms with E-state index in [1.165, 1.54) is 18.4 Å². The van der Waals surface area contributed by atoms with Crippen molar-refractivity contribution in [3.05, 3.63) is 64.7 Å². The number of benzene rings is 2. The van der Waals surface area contributed by atoms with Gasteiger partial charge in [-0.3, -0.25) is 4.90 Å². The zero-order valence-electron chi connectivity index (χ0n) is 15.6. The average Bonchev–Trinajstić information content (AvgIpc) is 2.69. The number of rotatable bonds is 6. The highest BCUT2D eigenvalue weighted by atomic mass is 35.5. The number of piperidine rings is 1. The molecule has 2 aromatic carbocycles. The van der Waals surface area contributed by atoms with Gasteiger partial charge < -0.3 is 9.84 Å². The van der Waals surface area contributed by atoms with E-state index in [0.29, 0.717) is 10.9 Å². The van der Waals surface area contributed by atoms with Gasteiger partial charge in [-0.2, -0.15) is 0 Å². The van der Waals surface area contributed by atoms with E-state index < -0.39 is 6.10 Å². The molecule has 0 bridgehead atoms. The maximum Gasteiger partial charge on any atom is 0.118 e. The fraction of sp³-hybridized carbons (Fsp3) is 0.455. The second kappa shape index (κ2) is 8.90. The van der Waals surface area contributed by atoms with Gasteiger partial charge in [-0.1, -0.05) is 35.9 Å². The molecule has 2 unspecified atom stereocenters. The Morgan fingerprint density at radius 1 is 1.08 bits per heavy atom. The number of hydrogen-bond acceptors (Lipinski definition) is 3. The SMILES string of the molecule is COc1ccc(CC2CCN(C(C)C(O)c3ccc(Cl)cc3)CC2)cc1. The van der Waals surface area contributed by atoms with Crippen molar-refractivity contribution in [3.63, 3.8) is 0 Å². The van der Waals surface area contributed by atoms with Crippen molar-refractivity contribution >= 4 is 11.6 Å². The monoisotopic (exact) mass is 373 g/mol. The van der Waals surface area contributed by atoms with Crippen molar-refractivity contribution in [1.29, 1.82) is 0 Å². The van der Waals surface area contributed by atoms with Gasteiger partial charge in [-0.25, -0.2) is 0 Å². The molecule has 1 heterocycles. The molecule has 0 amide bonds. The van der Waals surface area contributed by atoms with Crippen LogP contribution in [0.5, 0.6) is 5.75 Å². The Balaban J connectivity index is 1.51. The molecule has 1 saturated heterocycles. The molecule has 3 nitrogen and oxygen atoms in total. The highest BCUT2D eigenvalue weighted by molar-refractivity contribution is 6.30. The van der Waals surface area contributed by atoms with Gasteiger partial charge in [0, 0.05) is 11.1 Å². The predicted octanol–water partition coefficient (Wildman–Crippen LogP) is 4.73. The maximum atomic E-state index is 10.7. The minimum absolute atomic E-state index is 0.109. The fourth-order valence-electron chi connectivity index (χ4n) is 3.80. The van der Waals surface area contributed by atoms with Gasteiger partial charge in [0.15, 0.2) is 0 Å². The van der Waals surface area contributed by atoms with Crippen LogP contribution in [0.4, 0.5) is 0 Å². The van der Waals surface area contributed by atoms with Gasteiger partial charge in [-0.05, 0) is 80.6 Å². The van der Waals surface area contributed by atoms with Gasteiger partial charge in [0.25, 0.3) is 0 Å². The van der Waals surface area contributed by atoms with Crippen LogP contribution in [0.15, 0.2) is 48.5 Å². The van der Waals surface area contributed by atoms with E-state index in [1.807, 2.05) is 36.4 Å². The number of ether oxygens (including phenoxy) is 1. The molecule has 140 valence electrons. The summed E-state index contributed by atoms with van der Waals surface area (Å²) in [5.74, 6) is 1.62. The largest absolute Gasteiger partial charge is 0.497 e. The Hall–Kier alpha value is -1.55. The lowest BCUT2D eigenvalue weighted by atomic mass is 9.89. The molecule has 26 heavy (non-hydrogen) atoms. The van der Waals surface area contributed by atoms with Crippen molar-refractivity contribution in [1.82, 2.24) is 4.90 Å². The van der Waals surface area contributed by atoms with Crippen molar-refractivity contribution in [3.8, 4) is 5.75 Å². The number of halogens is 1. The Morgan fingerprint density at radius 3 is 2.27 bits per heavy atom. The van der Waals surface area contributed by atoms with Crippen LogP contribution >= 0.6 is 11.6 Å². The Bertz CT molecular complexity index is 678. The third kappa shape index (κ3) is 4.79. The summed E-state index contributed by atoms with van der Waals surface area (Å²) in [4.78, 5) is 2.41. The quantitative estimate of drug-likeness (QED) is 0.794. The van der Waals surface area contributed by atoms with Crippen LogP contribution in [0.3, 0.4) is 0 Å². The second-order valence-corrected chi connectivity index (χ2v) is 7.70. The zero-order valence-corrected chi connectivity index (χ0v) is 16.3. The summed E-state index contributed by atoms with van der Waals surface area (Å²) >= 11 is 5.95. The lowest BCUT2D eigenvalue weighted by Crippen LogP contribution is -2.43. The molecule has 1 fully saturated rings. The summed E-state index contributed by atoms with van der Waals surface area (Å²) in [7, 11) is 1.70. The molecular weight excluding hydrogens is 346 g/mol. The Morgan fingerprint density at radius 2 is 1.69 bits per heavy atom. The Kier molecular flexibility index (Phi) is 6.58. The number of hydrogen-bond donors (Lipinski definition) is 1. The number of aliphatic hydroxyl groups is 1. The first-order valence-electron chi connectivity index (χ1n) is 9.37. The molecule has 1 aliphatic heterocycles. The van der Waals surface area contributed by atoms with Crippen LogP contribution in [-0.4, -0.2) is 36.2 Å². The summed E-state index contributed by atoms with van der Waals surface area (Å²) in [6.07, 6.45) is 2.98. The minimum atomic E-state index is -0.481. The Labute approximate surface area is 161 Å². The van der Waals surface area contributed by atoms with E-state index in [9.17, 15) is 5.11 Å². The van der Waals surface area contributed by atoms with Crippen LogP contribution in [0.25, 0.3) is 0 Å². The molecule has 1 aliphatic rings. The maximum absolute atomic E-state index is 10.7. The number of nitrogens with zero attached hydrogens (tertiary/aromatic N) is 1. The minimum Gasteiger partial charge on any atom is -0.497 e. The van der Waals surface area contributed by atoms with Crippen LogP contribution in [-0.2, 0) is 6.42 Å². The van der Waals surface area contributed by atoms with Crippen LogP contribution in [0.1, 0.15) is 37.0 Å². The van der Waals surface area contributed by atoms with Gasteiger partial charge in [-0.15, -0.1) is 0 Å². The summed E-state index contributed by atoms with van der Waals surface area (Å²) < 4.78 is 5.23. The van der Waals surface area contributed by atoms with E-state index >= 15 is 0 Å². The van der Waals surface area contributed by atoms with Crippen molar-refractivity contribution in [2.45, 2.75) is 38.3 Å². The predicted molar refractivity (Wildman–Crippen MR) is 107 cm³/mol. The van der Waals surface area contributed by atoms with Crippen molar-refractivity contribution in [2.75, 3.05) is 20.2 Å². The van der Waals surface area contributed by atoms with E-state index in [-0.39, 0.29) is 6.04 Å². The van der Waals surface area contributed by atoms with Crippen molar-refractivity contribution in [2.24, 2.45) is 5.92 Å². The van der Waals surface area contributed by atoms with Crippen molar-refractivity contribution < 1.29 is 9.84 Å².